The molecule has 1 aliphatic carbocycles. The molecule has 1 aliphatic heterocycles. The van der Waals surface area contributed by atoms with Gasteiger partial charge in [-0.2, -0.15) is 0 Å². The van der Waals surface area contributed by atoms with Gasteiger partial charge in [0.2, 0.25) is 0 Å². The fraction of sp³-hybridized carbons (Fsp3) is 0.429. The Morgan fingerprint density at radius 2 is 1.62 bits per heavy atom. The lowest BCUT2D eigenvalue weighted by atomic mass is 9.59. The second-order valence-electron chi connectivity index (χ2n) is 7.64. The summed E-state index contributed by atoms with van der Waals surface area (Å²) in [4.78, 5) is 12.0. The fourth-order valence-electron chi connectivity index (χ4n) is 5.15. The van der Waals surface area contributed by atoms with Gasteiger partial charge in [0.1, 0.15) is 0 Å². The minimum atomic E-state index is 0.0537. The number of nitrogens with zero attached hydrogens (tertiary/aromatic N) is 2. The maximum atomic E-state index is 12.0. The van der Waals surface area contributed by atoms with Crippen LogP contribution in [0.15, 0.2) is 65.9 Å². The Bertz CT molecular complexity index is 702. The van der Waals surface area contributed by atoms with E-state index in [2.05, 4.69) is 60.7 Å². The van der Waals surface area contributed by atoms with Crippen LogP contribution < -0.4 is 0 Å². The van der Waals surface area contributed by atoms with Crippen molar-refractivity contribution in [3.63, 3.8) is 0 Å². The Balaban J connectivity index is 1.83. The summed E-state index contributed by atoms with van der Waals surface area (Å²) in [7, 11) is 0. The molecule has 0 aromatic heterocycles. The summed E-state index contributed by atoms with van der Waals surface area (Å²) in [5.74, 6) is 0.504. The predicted molar refractivity (Wildman–Crippen MR) is 96.1 cm³/mol. The number of nitroso groups, excluding NO2 is 1. The van der Waals surface area contributed by atoms with Crippen molar-refractivity contribution in [2.45, 2.75) is 44.7 Å². The van der Waals surface area contributed by atoms with E-state index >= 15 is 0 Å². The minimum Gasteiger partial charge on any atom is -0.245 e. The van der Waals surface area contributed by atoms with E-state index in [-0.39, 0.29) is 17.5 Å². The van der Waals surface area contributed by atoms with Crippen LogP contribution in [0, 0.1) is 16.2 Å². The molecule has 24 heavy (non-hydrogen) atoms. The molecule has 4 unspecified atom stereocenters. The molecule has 4 atom stereocenters. The standard InChI is InChI=1S/C21H24N2O/c1-21-14-8-13-18(15-21)19(16-9-4-2-5-10-16)23(22-24)20(21)17-11-6-3-7-12-17/h2-7,9-12,18-20H,8,13-15H2,1H3. The molecule has 1 saturated heterocycles. The quantitative estimate of drug-likeness (QED) is 0.683. The highest BCUT2D eigenvalue weighted by atomic mass is 16.3. The molecular formula is C21H24N2O. The van der Waals surface area contributed by atoms with Gasteiger partial charge >= 0.3 is 0 Å². The molecule has 0 amide bonds. The molecule has 0 spiro atoms. The van der Waals surface area contributed by atoms with Crippen molar-refractivity contribution < 1.29 is 0 Å². The zero-order valence-electron chi connectivity index (χ0n) is 14.1. The molecule has 0 radical (unpaired) electrons. The van der Waals surface area contributed by atoms with Crippen molar-refractivity contribution >= 4 is 0 Å². The van der Waals surface area contributed by atoms with Crippen LogP contribution in [-0.2, 0) is 0 Å². The average Bonchev–Trinajstić information content (AvgIpc) is 2.62. The van der Waals surface area contributed by atoms with Gasteiger partial charge in [0, 0.05) is 0 Å². The number of fused-ring (bicyclic) bond motifs is 2. The highest BCUT2D eigenvalue weighted by Crippen LogP contribution is 2.60. The van der Waals surface area contributed by atoms with E-state index in [0.717, 1.165) is 12.8 Å². The predicted octanol–water partition coefficient (Wildman–Crippen LogP) is 5.66. The van der Waals surface area contributed by atoms with Gasteiger partial charge in [-0.1, -0.05) is 74.0 Å². The van der Waals surface area contributed by atoms with Crippen molar-refractivity contribution in [1.82, 2.24) is 5.01 Å². The molecule has 2 aromatic carbocycles. The van der Waals surface area contributed by atoms with Crippen LogP contribution in [0.25, 0.3) is 0 Å². The molecule has 3 nitrogen and oxygen atoms in total. The summed E-state index contributed by atoms with van der Waals surface area (Å²) in [5, 5.41) is 5.45. The van der Waals surface area contributed by atoms with Crippen LogP contribution in [0.2, 0.25) is 0 Å². The highest BCUT2D eigenvalue weighted by molar-refractivity contribution is 5.27. The van der Waals surface area contributed by atoms with Gasteiger partial charge in [-0.15, -0.1) is 4.91 Å². The SMILES string of the molecule is CC12CCCC(C1)C(c1ccccc1)N(N=O)C2c1ccccc1. The van der Waals surface area contributed by atoms with Crippen molar-refractivity contribution in [1.29, 1.82) is 0 Å². The van der Waals surface area contributed by atoms with Crippen LogP contribution in [-0.4, -0.2) is 5.01 Å². The topological polar surface area (TPSA) is 32.7 Å². The molecule has 1 saturated carbocycles. The first-order valence-electron chi connectivity index (χ1n) is 8.94. The summed E-state index contributed by atoms with van der Waals surface area (Å²) < 4.78 is 0. The van der Waals surface area contributed by atoms with Crippen molar-refractivity contribution in [3.8, 4) is 0 Å². The summed E-state index contributed by atoms with van der Waals surface area (Å²) >= 11 is 0. The molecule has 0 N–H and O–H groups in total. The Morgan fingerprint density at radius 1 is 1.00 bits per heavy atom. The van der Waals surface area contributed by atoms with Crippen LogP contribution in [0.3, 0.4) is 0 Å². The average molecular weight is 320 g/mol. The maximum Gasteiger partial charge on any atom is 0.0812 e. The zero-order valence-corrected chi connectivity index (χ0v) is 14.1. The summed E-state index contributed by atoms with van der Waals surface area (Å²) in [6, 6.07) is 21.0. The van der Waals surface area contributed by atoms with Gasteiger partial charge in [0.25, 0.3) is 0 Å². The van der Waals surface area contributed by atoms with Crippen LogP contribution in [0.5, 0.6) is 0 Å². The van der Waals surface area contributed by atoms with Crippen molar-refractivity contribution in [2.24, 2.45) is 16.6 Å². The number of rotatable bonds is 3. The van der Waals surface area contributed by atoms with Gasteiger partial charge in [-0.25, -0.2) is 5.01 Å². The fourth-order valence-corrected chi connectivity index (χ4v) is 5.15. The molecule has 1 heterocycles. The van der Waals surface area contributed by atoms with E-state index in [1.165, 1.54) is 24.0 Å². The van der Waals surface area contributed by atoms with Crippen LogP contribution in [0.4, 0.5) is 0 Å². The molecule has 124 valence electrons. The second-order valence-corrected chi connectivity index (χ2v) is 7.64. The molecular weight excluding hydrogens is 296 g/mol. The first-order chi connectivity index (χ1) is 11.7. The van der Waals surface area contributed by atoms with Gasteiger partial charge in [0.15, 0.2) is 0 Å². The summed E-state index contributed by atoms with van der Waals surface area (Å²) in [6.45, 7) is 2.34. The Morgan fingerprint density at radius 3 is 2.25 bits per heavy atom. The monoisotopic (exact) mass is 320 g/mol. The van der Waals surface area contributed by atoms with Crippen LogP contribution in [0.1, 0.15) is 55.8 Å². The third kappa shape index (κ3) is 2.43. The van der Waals surface area contributed by atoms with Crippen LogP contribution >= 0.6 is 0 Å². The lowest BCUT2D eigenvalue weighted by Crippen LogP contribution is -2.50. The minimum absolute atomic E-state index is 0.0537. The van der Waals surface area contributed by atoms with E-state index in [0.29, 0.717) is 5.92 Å². The maximum absolute atomic E-state index is 12.0. The zero-order chi connectivity index (χ0) is 16.6. The summed E-state index contributed by atoms with van der Waals surface area (Å²) in [5.41, 5.74) is 2.54. The molecule has 2 aliphatic rings. The lowest BCUT2D eigenvalue weighted by Gasteiger charge is -2.56. The number of piperidine rings is 1. The van der Waals surface area contributed by atoms with E-state index in [4.69, 9.17) is 0 Å². The molecule has 2 fully saturated rings. The van der Waals surface area contributed by atoms with E-state index in [1.54, 1.807) is 0 Å². The third-order valence-corrected chi connectivity index (χ3v) is 6.06. The first-order valence-corrected chi connectivity index (χ1v) is 8.94. The van der Waals surface area contributed by atoms with Gasteiger partial charge in [-0.05, 0) is 41.7 Å². The smallest absolute Gasteiger partial charge is 0.0812 e. The van der Waals surface area contributed by atoms with Crippen molar-refractivity contribution in [2.75, 3.05) is 0 Å². The molecule has 2 bridgehead atoms. The molecule has 3 heteroatoms. The highest BCUT2D eigenvalue weighted by Gasteiger charge is 2.52. The number of hydrogen-bond donors (Lipinski definition) is 0. The lowest BCUT2D eigenvalue weighted by molar-refractivity contribution is -0.0843. The third-order valence-electron chi connectivity index (χ3n) is 6.06. The molecule has 4 rings (SSSR count). The Labute approximate surface area is 143 Å². The van der Waals surface area contributed by atoms with E-state index in [9.17, 15) is 4.91 Å². The second kappa shape index (κ2) is 6.04. The largest absolute Gasteiger partial charge is 0.245 e. The summed E-state index contributed by atoms with van der Waals surface area (Å²) in [6.07, 6.45) is 4.75. The Hall–Kier alpha value is -2.16. The molecule has 2 aromatic rings. The van der Waals surface area contributed by atoms with Crippen molar-refractivity contribution in [3.05, 3.63) is 76.7 Å². The van der Waals surface area contributed by atoms with E-state index < -0.39 is 0 Å². The van der Waals surface area contributed by atoms with Gasteiger partial charge in [0.05, 0.1) is 17.4 Å². The number of benzene rings is 2. The first kappa shape index (κ1) is 15.4. The normalized spacial score (nSPS) is 32.4. The number of hydrogen-bond acceptors (Lipinski definition) is 2. The Kier molecular flexibility index (Phi) is 3.87. The van der Waals surface area contributed by atoms with Gasteiger partial charge < -0.3 is 0 Å². The van der Waals surface area contributed by atoms with Gasteiger partial charge in [-0.3, -0.25) is 0 Å². The van der Waals surface area contributed by atoms with E-state index in [1.807, 2.05) is 17.1 Å².